The number of nitrogens with one attached hydrogen (secondary N) is 1. The van der Waals surface area contributed by atoms with Crippen LogP contribution in [0.2, 0.25) is 0 Å². The first kappa shape index (κ1) is 17.5. The Morgan fingerprint density at radius 1 is 1.35 bits per heavy atom. The van der Waals surface area contributed by atoms with Gasteiger partial charge in [0.15, 0.2) is 0 Å². The summed E-state index contributed by atoms with van der Waals surface area (Å²) in [6, 6.07) is 8.16. The molecule has 0 bridgehead atoms. The van der Waals surface area contributed by atoms with E-state index in [-0.39, 0.29) is 11.9 Å². The van der Waals surface area contributed by atoms with Crippen LogP contribution in [0.4, 0.5) is 0 Å². The first-order valence-corrected chi connectivity index (χ1v) is 8.87. The molecule has 0 fully saturated rings. The van der Waals surface area contributed by atoms with Crippen LogP contribution in [-0.4, -0.2) is 16.9 Å². The molecule has 0 aliphatic carbocycles. The Bertz CT molecular complexity index is 622. The van der Waals surface area contributed by atoms with Crippen molar-refractivity contribution in [1.29, 1.82) is 0 Å². The topological polar surface area (TPSA) is 51.2 Å². The first-order valence-electron chi connectivity index (χ1n) is 7.99. The average molecular weight is 332 g/mol. The van der Waals surface area contributed by atoms with Crippen LogP contribution in [0.15, 0.2) is 29.6 Å². The van der Waals surface area contributed by atoms with Crippen molar-refractivity contribution in [3.63, 3.8) is 0 Å². The van der Waals surface area contributed by atoms with E-state index in [0.29, 0.717) is 13.0 Å². The van der Waals surface area contributed by atoms with Gasteiger partial charge in [-0.25, -0.2) is 4.98 Å². The number of hydrogen-bond donors (Lipinski definition) is 1. The summed E-state index contributed by atoms with van der Waals surface area (Å²) in [6.07, 6.45) is 2.40. The van der Waals surface area contributed by atoms with E-state index in [2.05, 4.69) is 17.2 Å². The molecule has 1 amide bonds. The van der Waals surface area contributed by atoms with Crippen LogP contribution in [0.5, 0.6) is 5.75 Å². The van der Waals surface area contributed by atoms with Crippen molar-refractivity contribution in [3.05, 3.63) is 45.9 Å². The molecular weight excluding hydrogens is 308 g/mol. The number of ether oxygens (including phenoxy) is 1. The Hall–Kier alpha value is -1.88. The van der Waals surface area contributed by atoms with Crippen LogP contribution >= 0.6 is 11.3 Å². The Morgan fingerprint density at radius 2 is 2.09 bits per heavy atom. The number of amides is 1. The van der Waals surface area contributed by atoms with Gasteiger partial charge in [-0.3, -0.25) is 4.79 Å². The lowest BCUT2D eigenvalue weighted by Crippen LogP contribution is -2.33. The summed E-state index contributed by atoms with van der Waals surface area (Å²) in [5.74, 6) is 0.862. The summed E-state index contributed by atoms with van der Waals surface area (Å²) in [6.45, 7) is 6.62. The van der Waals surface area contributed by atoms with Crippen molar-refractivity contribution in [2.24, 2.45) is 0 Å². The Morgan fingerprint density at radius 3 is 2.78 bits per heavy atom. The number of rotatable bonds is 8. The number of aromatic nitrogens is 1. The lowest BCUT2D eigenvalue weighted by Gasteiger charge is -2.11. The molecule has 0 saturated heterocycles. The maximum atomic E-state index is 11.9. The molecule has 0 spiro atoms. The highest BCUT2D eigenvalue weighted by Gasteiger charge is 2.10. The molecule has 1 aromatic heterocycles. The first-order chi connectivity index (χ1) is 11.1. The van der Waals surface area contributed by atoms with Crippen molar-refractivity contribution in [2.75, 3.05) is 0 Å². The Balaban J connectivity index is 1.81. The molecule has 4 nitrogen and oxygen atoms in total. The summed E-state index contributed by atoms with van der Waals surface area (Å²) in [7, 11) is 0. The van der Waals surface area contributed by atoms with Crippen molar-refractivity contribution in [3.8, 4) is 5.75 Å². The van der Waals surface area contributed by atoms with E-state index >= 15 is 0 Å². The molecule has 2 aromatic rings. The minimum absolute atomic E-state index is 0.0299. The molecule has 0 aliphatic rings. The lowest BCUT2D eigenvalue weighted by molar-refractivity contribution is -0.121. The molecule has 5 heteroatoms. The largest absolute Gasteiger partial charge is 0.486 e. The molecule has 2 rings (SSSR count). The fourth-order valence-electron chi connectivity index (χ4n) is 2.27. The van der Waals surface area contributed by atoms with E-state index in [9.17, 15) is 4.79 Å². The molecule has 1 heterocycles. The SMILES string of the molecule is CCCC(C)NC(=O)Cc1csc(COc2ccc(C)cc2)n1. The zero-order valence-electron chi connectivity index (χ0n) is 14.0. The van der Waals surface area contributed by atoms with Gasteiger partial charge < -0.3 is 10.1 Å². The summed E-state index contributed by atoms with van der Waals surface area (Å²) < 4.78 is 5.71. The number of thiazole rings is 1. The quantitative estimate of drug-likeness (QED) is 0.798. The van der Waals surface area contributed by atoms with Crippen LogP contribution in [0.1, 0.15) is 43.0 Å². The van der Waals surface area contributed by atoms with Gasteiger partial charge in [-0.15, -0.1) is 11.3 Å². The fraction of sp³-hybridized carbons (Fsp3) is 0.444. The second-order valence-electron chi connectivity index (χ2n) is 5.77. The van der Waals surface area contributed by atoms with E-state index < -0.39 is 0 Å². The molecule has 1 aromatic carbocycles. The summed E-state index contributed by atoms with van der Waals surface area (Å²) in [4.78, 5) is 16.4. The predicted octanol–water partition coefficient (Wildman–Crippen LogP) is 3.88. The number of benzene rings is 1. The van der Waals surface area contributed by atoms with Crippen LogP contribution in [-0.2, 0) is 17.8 Å². The highest BCUT2D eigenvalue weighted by molar-refractivity contribution is 7.09. The van der Waals surface area contributed by atoms with Gasteiger partial charge in [0.05, 0.1) is 12.1 Å². The molecule has 0 aliphatic heterocycles. The minimum Gasteiger partial charge on any atom is -0.486 e. The predicted molar refractivity (Wildman–Crippen MR) is 93.8 cm³/mol. The maximum absolute atomic E-state index is 11.9. The van der Waals surface area contributed by atoms with Crippen LogP contribution in [0, 0.1) is 6.92 Å². The lowest BCUT2D eigenvalue weighted by atomic mass is 10.2. The van der Waals surface area contributed by atoms with Crippen molar-refractivity contribution in [1.82, 2.24) is 10.3 Å². The molecule has 1 unspecified atom stereocenters. The third-order valence-corrected chi connectivity index (χ3v) is 4.32. The van der Waals surface area contributed by atoms with Gasteiger partial charge >= 0.3 is 0 Å². The molecule has 1 N–H and O–H groups in total. The second-order valence-corrected chi connectivity index (χ2v) is 6.71. The molecular formula is C18H24N2O2S. The number of carbonyl (C=O) groups excluding carboxylic acids is 1. The number of nitrogens with zero attached hydrogens (tertiary/aromatic N) is 1. The average Bonchev–Trinajstić information content (AvgIpc) is 2.94. The van der Waals surface area contributed by atoms with Gasteiger partial charge in [0, 0.05) is 11.4 Å². The highest BCUT2D eigenvalue weighted by atomic mass is 32.1. The van der Waals surface area contributed by atoms with E-state index in [1.165, 1.54) is 16.9 Å². The van der Waals surface area contributed by atoms with Crippen molar-refractivity contribution in [2.45, 2.75) is 52.7 Å². The van der Waals surface area contributed by atoms with E-state index in [1.807, 2.05) is 43.5 Å². The molecule has 23 heavy (non-hydrogen) atoms. The zero-order chi connectivity index (χ0) is 16.7. The smallest absolute Gasteiger partial charge is 0.226 e. The standard InChI is InChI=1S/C18H24N2O2S/c1-4-5-14(3)19-17(21)10-15-12-23-18(20-15)11-22-16-8-6-13(2)7-9-16/h6-9,12,14H,4-5,10-11H2,1-3H3,(H,19,21). The van der Waals surface area contributed by atoms with Gasteiger partial charge in [-0.05, 0) is 32.4 Å². The molecule has 0 saturated carbocycles. The van der Waals surface area contributed by atoms with Crippen LogP contribution in [0.25, 0.3) is 0 Å². The molecule has 124 valence electrons. The number of aryl methyl sites for hydroxylation is 1. The molecule has 0 radical (unpaired) electrons. The van der Waals surface area contributed by atoms with Crippen LogP contribution < -0.4 is 10.1 Å². The molecule has 1 atom stereocenters. The normalized spacial score (nSPS) is 12.0. The van der Waals surface area contributed by atoms with Gasteiger partial charge in [0.1, 0.15) is 17.4 Å². The fourth-order valence-corrected chi connectivity index (χ4v) is 2.98. The summed E-state index contributed by atoms with van der Waals surface area (Å²) in [5, 5.41) is 5.81. The second kappa shape index (κ2) is 8.67. The van der Waals surface area contributed by atoms with E-state index in [1.54, 1.807) is 0 Å². The van der Waals surface area contributed by atoms with E-state index in [4.69, 9.17) is 4.74 Å². The maximum Gasteiger partial charge on any atom is 0.226 e. The summed E-state index contributed by atoms with van der Waals surface area (Å²) >= 11 is 1.53. The number of hydrogen-bond acceptors (Lipinski definition) is 4. The van der Waals surface area contributed by atoms with Gasteiger partial charge in [-0.1, -0.05) is 31.0 Å². The van der Waals surface area contributed by atoms with E-state index in [0.717, 1.165) is 29.3 Å². The minimum atomic E-state index is 0.0299. The van der Waals surface area contributed by atoms with Crippen molar-refractivity contribution < 1.29 is 9.53 Å². The van der Waals surface area contributed by atoms with Crippen molar-refractivity contribution >= 4 is 17.2 Å². The van der Waals surface area contributed by atoms with Gasteiger partial charge in [0.2, 0.25) is 5.91 Å². The highest BCUT2D eigenvalue weighted by Crippen LogP contribution is 2.16. The monoisotopic (exact) mass is 332 g/mol. The number of carbonyl (C=O) groups is 1. The third-order valence-electron chi connectivity index (χ3n) is 3.45. The zero-order valence-corrected chi connectivity index (χ0v) is 14.8. The van der Waals surface area contributed by atoms with Gasteiger partial charge in [0.25, 0.3) is 0 Å². The third kappa shape index (κ3) is 6.02. The van der Waals surface area contributed by atoms with Gasteiger partial charge in [-0.2, -0.15) is 0 Å². The van der Waals surface area contributed by atoms with Crippen LogP contribution in [0.3, 0.4) is 0 Å². The Labute approximate surface area is 141 Å². The summed E-state index contributed by atoms with van der Waals surface area (Å²) in [5.41, 5.74) is 2.01. The Kier molecular flexibility index (Phi) is 6.59.